The van der Waals surface area contributed by atoms with Crippen molar-refractivity contribution in [1.82, 2.24) is 5.32 Å². The first-order valence-electron chi connectivity index (χ1n) is 5.15. The Morgan fingerprint density at radius 3 is 2.60 bits per heavy atom. The van der Waals surface area contributed by atoms with Crippen LogP contribution in [0.4, 0.5) is 0 Å². The zero-order valence-corrected chi connectivity index (χ0v) is 9.58. The highest BCUT2D eigenvalue weighted by Crippen LogP contribution is 1.88. The van der Waals surface area contributed by atoms with Crippen LogP contribution in [-0.4, -0.2) is 53.1 Å². The Labute approximate surface area is 91.1 Å². The quantitative estimate of drug-likeness (QED) is 0.420. The van der Waals surface area contributed by atoms with Crippen molar-refractivity contribution >= 4 is 5.97 Å². The second-order valence-electron chi connectivity index (χ2n) is 3.07. The SMILES string of the molecule is COCCOCCCCNCC(=O)OC. The van der Waals surface area contributed by atoms with Crippen LogP contribution in [0.5, 0.6) is 0 Å². The fourth-order valence-electron chi connectivity index (χ4n) is 0.961. The number of carbonyl (C=O) groups excluding carboxylic acids is 1. The number of unbranched alkanes of at least 4 members (excludes halogenated alkanes) is 1. The summed E-state index contributed by atoms with van der Waals surface area (Å²) in [5.41, 5.74) is 0. The van der Waals surface area contributed by atoms with Crippen LogP contribution in [0.15, 0.2) is 0 Å². The number of methoxy groups -OCH3 is 2. The summed E-state index contributed by atoms with van der Waals surface area (Å²) in [6, 6.07) is 0. The van der Waals surface area contributed by atoms with Crippen LogP contribution in [0, 0.1) is 0 Å². The third-order valence-electron chi connectivity index (χ3n) is 1.82. The summed E-state index contributed by atoms with van der Waals surface area (Å²) in [5.74, 6) is -0.230. The van der Waals surface area contributed by atoms with Gasteiger partial charge >= 0.3 is 5.97 Å². The van der Waals surface area contributed by atoms with E-state index < -0.39 is 0 Å². The molecule has 0 aliphatic heterocycles. The Morgan fingerprint density at radius 1 is 1.13 bits per heavy atom. The van der Waals surface area contributed by atoms with Crippen molar-refractivity contribution in [3.8, 4) is 0 Å². The monoisotopic (exact) mass is 219 g/mol. The van der Waals surface area contributed by atoms with Gasteiger partial charge in [-0.3, -0.25) is 4.79 Å². The van der Waals surface area contributed by atoms with E-state index in [9.17, 15) is 4.79 Å². The molecule has 0 heterocycles. The van der Waals surface area contributed by atoms with E-state index in [0.29, 0.717) is 13.2 Å². The summed E-state index contributed by atoms with van der Waals surface area (Å²) < 4.78 is 14.6. The van der Waals surface area contributed by atoms with E-state index in [-0.39, 0.29) is 12.5 Å². The lowest BCUT2D eigenvalue weighted by molar-refractivity contribution is -0.139. The van der Waals surface area contributed by atoms with Gasteiger partial charge in [0.15, 0.2) is 0 Å². The molecule has 0 aromatic heterocycles. The van der Waals surface area contributed by atoms with Crippen molar-refractivity contribution in [2.24, 2.45) is 0 Å². The molecule has 0 bridgehead atoms. The predicted octanol–water partition coefficient (Wildman–Crippen LogP) is 0.192. The van der Waals surface area contributed by atoms with Crippen molar-refractivity contribution in [3.05, 3.63) is 0 Å². The molecule has 1 N–H and O–H groups in total. The zero-order chi connectivity index (χ0) is 11.4. The van der Waals surface area contributed by atoms with Crippen LogP contribution >= 0.6 is 0 Å². The van der Waals surface area contributed by atoms with Gasteiger partial charge in [0.25, 0.3) is 0 Å². The van der Waals surface area contributed by atoms with Gasteiger partial charge in [-0.25, -0.2) is 0 Å². The Balaban J connectivity index is 2.95. The highest BCUT2D eigenvalue weighted by molar-refractivity contribution is 5.71. The van der Waals surface area contributed by atoms with Crippen molar-refractivity contribution in [2.45, 2.75) is 12.8 Å². The minimum absolute atomic E-state index is 0.230. The summed E-state index contributed by atoms with van der Waals surface area (Å²) in [5, 5.41) is 2.98. The minimum Gasteiger partial charge on any atom is -0.468 e. The number of rotatable bonds is 10. The van der Waals surface area contributed by atoms with Crippen LogP contribution in [0.25, 0.3) is 0 Å². The maximum absolute atomic E-state index is 10.7. The summed E-state index contributed by atoms with van der Waals surface area (Å²) in [6.07, 6.45) is 1.97. The van der Waals surface area contributed by atoms with Gasteiger partial charge < -0.3 is 19.5 Å². The van der Waals surface area contributed by atoms with Crippen LogP contribution in [-0.2, 0) is 19.0 Å². The van der Waals surface area contributed by atoms with Crippen LogP contribution in [0.1, 0.15) is 12.8 Å². The number of esters is 1. The van der Waals surface area contributed by atoms with Gasteiger partial charge in [-0.05, 0) is 19.4 Å². The normalized spacial score (nSPS) is 10.3. The third kappa shape index (κ3) is 11.3. The highest BCUT2D eigenvalue weighted by atomic mass is 16.5. The lowest BCUT2D eigenvalue weighted by atomic mass is 10.3. The molecule has 0 aromatic rings. The zero-order valence-electron chi connectivity index (χ0n) is 9.58. The van der Waals surface area contributed by atoms with E-state index in [0.717, 1.165) is 26.0 Å². The van der Waals surface area contributed by atoms with E-state index in [1.54, 1.807) is 7.11 Å². The van der Waals surface area contributed by atoms with Gasteiger partial charge in [0.2, 0.25) is 0 Å². The van der Waals surface area contributed by atoms with E-state index in [1.807, 2.05) is 0 Å². The van der Waals surface area contributed by atoms with Crippen molar-refractivity contribution in [1.29, 1.82) is 0 Å². The lowest BCUT2D eigenvalue weighted by Crippen LogP contribution is -2.24. The molecular weight excluding hydrogens is 198 g/mol. The van der Waals surface area contributed by atoms with Gasteiger partial charge in [-0.2, -0.15) is 0 Å². The summed E-state index contributed by atoms with van der Waals surface area (Å²) in [6.45, 7) is 3.11. The molecule has 0 fully saturated rings. The lowest BCUT2D eigenvalue weighted by Gasteiger charge is -2.04. The first kappa shape index (κ1) is 14.3. The van der Waals surface area contributed by atoms with Gasteiger partial charge in [-0.15, -0.1) is 0 Å². The van der Waals surface area contributed by atoms with Crippen molar-refractivity contribution in [2.75, 3.05) is 47.1 Å². The minimum atomic E-state index is -0.230. The molecule has 0 aliphatic rings. The van der Waals surface area contributed by atoms with E-state index in [1.165, 1.54) is 7.11 Å². The van der Waals surface area contributed by atoms with E-state index >= 15 is 0 Å². The van der Waals surface area contributed by atoms with E-state index in [4.69, 9.17) is 9.47 Å². The molecule has 0 aliphatic carbocycles. The molecule has 0 unspecified atom stereocenters. The fourth-order valence-corrected chi connectivity index (χ4v) is 0.961. The molecule has 0 spiro atoms. The largest absolute Gasteiger partial charge is 0.468 e. The van der Waals surface area contributed by atoms with Gasteiger partial charge in [0.05, 0.1) is 26.9 Å². The Hall–Kier alpha value is -0.650. The first-order valence-corrected chi connectivity index (χ1v) is 5.15. The maximum Gasteiger partial charge on any atom is 0.319 e. The number of hydrogen-bond acceptors (Lipinski definition) is 5. The standard InChI is InChI=1S/C10H21NO4/c1-13-7-8-15-6-4-3-5-11-9-10(12)14-2/h11H,3-9H2,1-2H3. The molecule has 15 heavy (non-hydrogen) atoms. The summed E-state index contributed by atoms with van der Waals surface area (Å²) in [7, 11) is 3.04. The van der Waals surface area contributed by atoms with Crippen molar-refractivity contribution < 1.29 is 19.0 Å². The van der Waals surface area contributed by atoms with Gasteiger partial charge in [0, 0.05) is 13.7 Å². The number of ether oxygens (including phenoxy) is 3. The van der Waals surface area contributed by atoms with Gasteiger partial charge in [0.1, 0.15) is 0 Å². The van der Waals surface area contributed by atoms with E-state index in [2.05, 4.69) is 10.1 Å². The molecule has 0 rings (SSSR count). The van der Waals surface area contributed by atoms with Gasteiger partial charge in [-0.1, -0.05) is 0 Å². The molecule has 90 valence electrons. The second kappa shape index (κ2) is 11.4. The number of nitrogens with one attached hydrogen (secondary N) is 1. The molecule has 5 heteroatoms. The number of carbonyl (C=O) groups is 1. The molecule has 0 saturated heterocycles. The molecule has 5 nitrogen and oxygen atoms in total. The van der Waals surface area contributed by atoms with Crippen molar-refractivity contribution in [3.63, 3.8) is 0 Å². The third-order valence-corrected chi connectivity index (χ3v) is 1.82. The van der Waals surface area contributed by atoms with Crippen LogP contribution in [0.2, 0.25) is 0 Å². The topological polar surface area (TPSA) is 56.8 Å². The van der Waals surface area contributed by atoms with Crippen LogP contribution in [0.3, 0.4) is 0 Å². The maximum atomic E-state index is 10.7. The fraction of sp³-hybridized carbons (Fsp3) is 0.900. The predicted molar refractivity (Wildman–Crippen MR) is 56.8 cm³/mol. The summed E-state index contributed by atoms with van der Waals surface area (Å²) >= 11 is 0. The first-order chi connectivity index (χ1) is 7.31. The smallest absolute Gasteiger partial charge is 0.319 e. The molecule has 0 atom stereocenters. The molecule has 0 saturated carbocycles. The Morgan fingerprint density at radius 2 is 1.93 bits per heavy atom. The second-order valence-corrected chi connectivity index (χ2v) is 3.07. The number of hydrogen-bond donors (Lipinski definition) is 1. The Bertz CT molecular complexity index is 152. The molecular formula is C10H21NO4. The molecule has 0 aromatic carbocycles. The summed E-state index contributed by atoms with van der Waals surface area (Å²) in [4.78, 5) is 10.7. The molecule has 0 radical (unpaired) electrons. The highest BCUT2D eigenvalue weighted by Gasteiger charge is 1.97. The average Bonchev–Trinajstić information content (AvgIpc) is 2.26. The van der Waals surface area contributed by atoms with Crippen LogP contribution < -0.4 is 5.32 Å². The Kier molecular flexibility index (Phi) is 10.9. The average molecular weight is 219 g/mol. The molecule has 0 amide bonds.